The first-order valence-electron chi connectivity index (χ1n) is 11.3. The number of benzene rings is 2. The molecule has 0 spiro atoms. The number of hydrogen-bond donors (Lipinski definition) is 1. The summed E-state index contributed by atoms with van der Waals surface area (Å²) in [5, 5.41) is 8.46. The first-order chi connectivity index (χ1) is 16.2. The number of methoxy groups -OCH3 is 2. The van der Waals surface area contributed by atoms with Crippen LogP contribution in [0.1, 0.15) is 29.7 Å². The summed E-state index contributed by atoms with van der Waals surface area (Å²) in [6, 6.07) is 14.4. The molecule has 0 radical (unpaired) electrons. The lowest BCUT2D eigenvalue weighted by Crippen LogP contribution is -2.17. The standard InChI is InChI=1S/C26H27FN4O2/c1-32-23-12-7-17(15-24(23)33-2)13-14-28-26-20-5-3-4-6-21(20)29-25-16-22(30-31(25)26)18-8-10-19(27)11-9-18/h7-12,15-16,28H,3-6,13-14H2,1-2H3. The maximum Gasteiger partial charge on any atom is 0.160 e. The van der Waals surface area contributed by atoms with Crippen LogP contribution >= 0.6 is 0 Å². The van der Waals surface area contributed by atoms with Crippen molar-refractivity contribution in [1.82, 2.24) is 14.6 Å². The zero-order valence-electron chi connectivity index (χ0n) is 18.9. The number of hydrogen-bond acceptors (Lipinski definition) is 5. The highest BCUT2D eigenvalue weighted by molar-refractivity contribution is 5.67. The average Bonchev–Trinajstić information content (AvgIpc) is 3.27. The van der Waals surface area contributed by atoms with Gasteiger partial charge < -0.3 is 14.8 Å². The Labute approximate surface area is 192 Å². The van der Waals surface area contributed by atoms with E-state index in [-0.39, 0.29) is 5.82 Å². The second-order valence-corrected chi connectivity index (χ2v) is 8.27. The van der Waals surface area contributed by atoms with Crippen LogP contribution in [0.25, 0.3) is 16.9 Å². The van der Waals surface area contributed by atoms with Crippen molar-refractivity contribution >= 4 is 11.5 Å². The Morgan fingerprint density at radius 3 is 2.55 bits per heavy atom. The molecule has 33 heavy (non-hydrogen) atoms. The van der Waals surface area contributed by atoms with Gasteiger partial charge in [-0.05, 0) is 74.1 Å². The van der Waals surface area contributed by atoms with E-state index in [1.54, 1.807) is 26.4 Å². The molecule has 0 unspecified atom stereocenters. The predicted octanol–water partition coefficient (Wildman–Crippen LogP) is 5.09. The van der Waals surface area contributed by atoms with E-state index in [0.717, 1.165) is 84.1 Å². The molecule has 7 heteroatoms. The third-order valence-corrected chi connectivity index (χ3v) is 6.17. The number of aromatic nitrogens is 3. The minimum absolute atomic E-state index is 0.256. The molecular formula is C26H27FN4O2. The van der Waals surface area contributed by atoms with Crippen molar-refractivity contribution in [2.24, 2.45) is 0 Å². The van der Waals surface area contributed by atoms with E-state index in [2.05, 4.69) is 11.4 Å². The van der Waals surface area contributed by atoms with Crippen molar-refractivity contribution < 1.29 is 13.9 Å². The van der Waals surface area contributed by atoms with Crippen LogP contribution < -0.4 is 14.8 Å². The first kappa shape index (κ1) is 21.2. The van der Waals surface area contributed by atoms with Gasteiger partial charge in [-0.25, -0.2) is 9.37 Å². The monoisotopic (exact) mass is 446 g/mol. The van der Waals surface area contributed by atoms with E-state index >= 15 is 0 Å². The van der Waals surface area contributed by atoms with Crippen LogP contribution in [0.15, 0.2) is 48.5 Å². The molecule has 6 nitrogen and oxygen atoms in total. The van der Waals surface area contributed by atoms with Gasteiger partial charge in [-0.2, -0.15) is 9.61 Å². The summed E-state index contributed by atoms with van der Waals surface area (Å²) in [5.74, 6) is 2.20. The summed E-state index contributed by atoms with van der Waals surface area (Å²) in [4.78, 5) is 4.90. The summed E-state index contributed by atoms with van der Waals surface area (Å²) in [6.45, 7) is 0.743. The molecule has 0 saturated heterocycles. The van der Waals surface area contributed by atoms with Crippen molar-refractivity contribution in [3.63, 3.8) is 0 Å². The summed E-state index contributed by atoms with van der Waals surface area (Å²) in [7, 11) is 3.29. The third-order valence-electron chi connectivity index (χ3n) is 6.17. The fourth-order valence-electron chi connectivity index (χ4n) is 4.45. The molecule has 0 atom stereocenters. The van der Waals surface area contributed by atoms with Gasteiger partial charge in [0.15, 0.2) is 17.1 Å². The maximum absolute atomic E-state index is 13.4. The largest absolute Gasteiger partial charge is 0.493 e. The SMILES string of the molecule is COc1ccc(CCNc2c3c(nc4cc(-c5ccc(F)cc5)nn24)CCCC3)cc1OC. The van der Waals surface area contributed by atoms with Crippen LogP contribution in [0, 0.1) is 5.82 Å². The molecule has 0 amide bonds. The normalized spacial score (nSPS) is 13.1. The first-order valence-corrected chi connectivity index (χ1v) is 11.3. The summed E-state index contributed by atoms with van der Waals surface area (Å²) < 4.78 is 26.1. The second kappa shape index (κ2) is 9.10. The molecular weight excluding hydrogens is 419 g/mol. The number of nitrogens with one attached hydrogen (secondary N) is 1. The Balaban J connectivity index is 1.45. The van der Waals surface area contributed by atoms with Crippen LogP contribution in [0.2, 0.25) is 0 Å². The van der Waals surface area contributed by atoms with Crippen LogP contribution in [0.4, 0.5) is 10.2 Å². The lowest BCUT2D eigenvalue weighted by Gasteiger charge is -2.20. The van der Waals surface area contributed by atoms with Gasteiger partial charge in [-0.3, -0.25) is 0 Å². The molecule has 0 bridgehead atoms. The molecule has 1 aliphatic carbocycles. The van der Waals surface area contributed by atoms with Crippen molar-refractivity contribution in [3.05, 3.63) is 71.2 Å². The quantitative estimate of drug-likeness (QED) is 0.429. The highest BCUT2D eigenvalue weighted by Gasteiger charge is 2.20. The van der Waals surface area contributed by atoms with Crippen LogP contribution in [0.5, 0.6) is 11.5 Å². The summed E-state index contributed by atoms with van der Waals surface area (Å²) >= 11 is 0. The van der Waals surface area contributed by atoms with Crippen molar-refractivity contribution in [2.45, 2.75) is 32.1 Å². The molecule has 2 aromatic carbocycles. The summed E-state index contributed by atoms with van der Waals surface area (Å²) in [5.41, 5.74) is 6.02. The fourth-order valence-corrected chi connectivity index (χ4v) is 4.45. The molecule has 2 aromatic heterocycles. The van der Waals surface area contributed by atoms with E-state index in [0.29, 0.717) is 0 Å². The van der Waals surface area contributed by atoms with E-state index in [1.807, 2.05) is 22.7 Å². The number of anilines is 1. The molecule has 1 N–H and O–H groups in total. The predicted molar refractivity (Wildman–Crippen MR) is 127 cm³/mol. The van der Waals surface area contributed by atoms with Crippen molar-refractivity contribution in [1.29, 1.82) is 0 Å². The number of nitrogens with zero attached hydrogens (tertiary/aromatic N) is 3. The molecule has 1 aliphatic rings. The van der Waals surface area contributed by atoms with Crippen LogP contribution in [0.3, 0.4) is 0 Å². The van der Waals surface area contributed by atoms with Gasteiger partial charge in [0.2, 0.25) is 0 Å². The van der Waals surface area contributed by atoms with Crippen LogP contribution in [-0.2, 0) is 19.3 Å². The van der Waals surface area contributed by atoms with Gasteiger partial charge in [0.05, 0.1) is 19.9 Å². The molecule has 0 fully saturated rings. The highest BCUT2D eigenvalue weighted by Crippen LogP contribution is 2.31. The highest BCUT2D eigenvalue weighted by atomic mass is 19.1. The van der Waals surface area contributed by atoms with E-state index in [1.165, 1.54) is 17.7 Å². The van der Waals surface area contributed by atoms with E-state index < -0.39 is 0 Å². The number of ether oxygens (including phenoxy) is 2. The van der Waals surface area contributed by atoms with Crippen LogP contribution in [-0.4, -0.2) is 35.4 Å². The average molecular weight is 447 g/mol. The molecule has 5 rings (SSSR count). The zero-order valence-corrected chi connectivity index (χ0v) is 18.9. The Morgan fingerprint density at radius 1 is 0.970 bits per heavy atom. The minimum atomic E-state index is -0.256. The third kappa shape index (κ3) is 4.23. The zero-order chi connectivity index (χ0) is 22.8. The smallest absolute Gasteiger partial charge is 0.160 e. The number of rotatable bonds is 7. The van der Waals surface area contributed by atoms with Gasteiger partial charge in [0, 0.05) is 29.4 Å². The van der Waals surface area contributed by atoms with E-state index in [9.17, 15) is 4.39 Å². The summed E-state index contributed by atoms with van der Waals surface area (Å²) in [6.07, 6.45) is 5.10. The lowest BCUT2D eigenvalue weighted by atomic mass is 9.96. The fraction of sp³-hybridized carbons (Fsp3) is 0.308. The molecule has 4 aromatic rings. The second-order valence-electron chi connectivity index (χ2n) is 8.27. The Morgan fingerprint density at radius 2 is 1.76 bits per heavy atom. The van der Waals surface area contributed by atoms with Gasteiger partial charge >= 0.3 is 0 Å². The van der Waals surface area contributed by atoms with Crippen molar-refractivity contribution in [2.75, 3.05) is 26.1 Å². The van der Waals surface area contributed by atoms with Crippen molar-refractivity contribution in [3.8, 4) is 22.8 Å². The molecule has 170 valence electrons. The van der Waals surface area contributed by atoms with Gasteiger partial charge in [0.1, 0.15) is 11.6 Å². The Bertz CT molecular complexity index is 1280. The van der Waals surface area contributed by atoms with Gasteiger partial charge in [-0.1, -0.05) is 6.07 Å². The number of aryl methyl sites for hydroxylation is 1. The van der Waals surface area contributed by atoms with Gasteiger partial charge in [0.25, 0.3) is 0 Å². The Hall–Kier alpha value is -3.61. The molecule has 0 aliphatic heterocycles. The van der Waals surface area contributed by atoms with Gasteiger partial charge in [-0.15, -0.1) is 0 Å². The van der Waals surface area contributed by atoms with E-state index in [4.69, 9.17) is 19.6 Å². The topological polar surface area (TPSA) is 60.7 Å². The molecule has 0 saturated carbocycles. The Kier molecular flexibility index (Phi) is 5.86. The maximum atomic E-state index is 13.4. The number of fused-ring (bicyclic) bond motifs is 2. The molecule has 2 heterocycles. The minimum Gasteiger partial charge on any atom is -0.493 e. The number of halogens is 1. The lowest BCUT2D eigenvalue weighted by molar-refractivity contribution is 0.354.